The lowest BCUT2D eigenvalue weighted by Gasteiger charge is -2.13. The van der Waals surface area contributed by atoms with Gasteiger partial charge in [-0.2, -0.15) is 13.2 Å². The average Bonchev–Trinajstić information content (AvgIpc) is 2.33. The summed E-state index contributed by atoms with van der Waals surface area (Å²) in [7, 11) is 1.33. The van der Waals surface area contributed by atoms with E-state index in [4.69, 9.17) is 16.2 Å². The van der Waals surface area contributed by atoms with Crippen molar-refractivity contribution in [2.24, 2.45) is 16.5 Å². The van der Waals surface area contributed by atoms with Gasteiger partial charge in [-0.15, -0.1) is 0 Å². The number of ether oxygens (including phenoxy) is 2. The first-order valence-corrected chi connectivity index (χ1v) is 5.23. The molecule has 5 nitrogen and oxygen atoms in total. The van der Waals surface area contributed by atoms with Crippen molar-refractivity contribution in [3.8, 4) is 11.5 Å². The Labute approximate surface area is 108 Å². The molecule has 0 spiro atoms. The number of benzene rings is 1. The molecule has 0 saturated carbocycles. The van der Waals surface area contributed by atoms with Crippen molar-refractivity contribution < 1.29 is 22.6 Å². The van der Waals surface area contributed by atoms with Gasteiger partial charge in [0.1, 0.15) is 0 Å². The smallest absolute Gasteiger partial charge is 0.422 e. The Morgan fingerprint density at radius 3 is 2.47 bits per heavy atom. The Bertz CT molecular complexity index is 457. The quantitative estimate of drug-likeness (QED) is 0.629. The standard InChI is InChI=1S/C11H14F3N3O2/c1-18-9-4-7(5-17-10(15)16)2-3-8(9)19-6-11(12,13)14/h2-4H,5-6H2,1H3,(H4,15,16,17). The summed E-state index contributed by atoms with van der Waals surface area (Å²) < 4.78 is 45.8. The molecule has 0 radical (unpaired) electrons. The predicted molar refractivity (Wildman–Crippen MR) is 64.1 cm³/mol. The molecular formula is C11H14F3N3O2. The molecular weight excluding hydrogens is 263 g/mol. The average molecular weight is 277 g/mol. The highest BCUT2D eigenvalue weighted by atomic mass is 19.4. The molecule has 0 unspecified atom stereocenters. The Kier molecular flexibility index (Phi) is 4.85. The highest BCUT2D eigenvalue weighted by molar-refractivity contribution is 5.75. The summed E-state index contributed by atoms with van der Waals surface area (Å²) >= 11 is 0. The molecule has 1 aromatic carbocycles. The lowest BCUT2D eigenvalue weighted by molar-refractivity contribution is -0.153. The van der Waals surface area contributed by atoms with Gasteiger partial charge in [0.15, 0.2) is 24.1 Å². The predicted octanol–water partition coefficient (Wildman–Crippen LogP) is 1.41. The van der Waals surface area contributed by atoms with Gasteiger partial charge in [0, 0.05) is 0 Å². The zero-order chi connectivity index (χ0) is 14.5. The van der Waals surface area contributed by atoms with Gasteiger partial charge in [-0.05, 0) is 17.7 Å². The fourth-order valence-electron chi connectivity index (χ4n) is 1.27. The molecule has 0 bridgehead atoms. The molecule has 0 heterocycles. The van der Waals surface area contributed by atoms with Crippen LogP contribution in [0.4, 0.5) is 13.2 Å². The number of methoxy groups -OCH3 is 1. The molecule has 4 N–H and O–H groups in total. The highest BCUT2D eigenvalue weighted by Crippen LogP contribution is 2.29. The summed E-state index contributed by atoms with van der Waals surface area (Å²) in [5, 5.41) is 0. The van der Waals surface area contributed by atoms with Gasteiger partial charge in [-0.3, -0.25) is 0 Å². The van der Waals surface area contributed by atoms with Crippen LogP contribution in [0, 0.1) is 0 Å². The summed E-state index contributed by atoms with van der Waals surface area (Å²) in [6.45, 7) is -1.17. The van der Waals surface area contributed by atoms with Crippen molar-refractivity contribution in [2.75, 3.05) is 13.7 Å². The molecule has 19 heavy (non-hydrogen) atoms. The van der Waals surface area contributed by atoms with E-state index in [1.807, 2.05) is 0 Å². The molecule has 0 saturated heterocycles. The first-order chi connectivity index (χ1) is 8.81. The Morgan fingerprint density at radius 1 is 1.26 bits per heavy atom. The van der Waals surface area contributed by atoms with Crippen LogP contribution in [0.15, 0.2) is 23.2 Å². The molecule has 0 fully saturated rings. The first-order valence-electron chi connectivity index (χ1n) is 5.23. The van der Waals surface area contributed by atoms with Crippen LogP contribution in [0.25, 0.3) is 0 Å². The topological polar surface area (TPSA) is 82.9 Å². The van der Waals surface area contributed by atoms with Gasteiger partial charge in [0.05, 0.1) is 13.7 Å². The highest BCUT2D eigenvalue weighted by Gasteiger charge is 2.28. The monoisotopic (exact) mass is 277 g/mol. The van der Waals surface area contributed by atoms with Gasteiger partial charge in [0.25, 0.3) is 0 Å². The summed E-state index contributed by atoms with van der Waals surface area (Å²) in [4.78, 5) is 3.78. The maximum absolute atomic E-state index is 12.1. The number of rotatable bonds is 5. The Hall–Kier alpha value is -2.12. The molecule has 0 aliphatic carbocycles. The minimum atomic E-state index is -4.40. The van der Waals surface area contributed by atoms with Gasteiger partial charge < -0.3 is 20.9 Å². The molecule has 0 aliphatic heterocycles. The number of aliphatic imine (C=N–C) groups is 1. The van der Waals surface area contributed by atoms with Gasteiger partial charge in [-0.1, -0.05) is 6.07 Å². The van der Waals surface area contributed by atoms with Crippen molar-refractivity contribution in [1.82, 2.24) is 0 Å². The van der Waals surface area contributed by atoms with Crippen LogP contribution in [0.2, 0.25) is 0 Å². The van der Waals surface area contributed by atoms with Crippen LogP contribution in [0.1, 0.15) is 5.56 Å². The van der Waals surface area contributed by atoms with E-state index < -0.39 is 12.8 Å². The number of hydrogen-bond donors (Lipinski definition) is 2. The Balaban J connectivity index is 2.81. The molecule has 0 aromatic heterocycles. The van der Waals surface area contributed by atoms with Crippen molar-refractivity contribution in [3.05, 3.63) is 23.8 Å². The van der Waals surface area contributed by atoms with Crippen molar-refractivity contribution >= 4 is 5.96 Å². The zero-order valence-corrected chi connectivity index (χ0v) is 10.2. The second kappa shape index (κ2) is 6.17. The van der Waals surface area contributed by atoms with Crippen molar-refractivity contribution in [2.45, 2.75) is 12.7 Å². The molecule has 1 aromatic rings. The normalized spacial score (nSPS) is 10.9. The minimum Gasteiger partial charge on any atom is -0.493 e. The van der Waals surface area contributed by atoms with E-state index in [2.05, 4.69) is 9.73 Å². The van der Waals surface area contributed by atoms with Crippen molar-refractivity contribution in [1.29, 1.82) is 0 Å². The third-order valence-electron chi connectivity index (χ3n) is 2.06. The molecule has 0 amide bonds. The SMILES string of the molecule is COc1cc(CN=C(N)N)ccc1OCC(F)(F)F. The van der Waals surface area contributed by atoms with Crippen molar-refractivity contribution in [3.63, 3.8) is 0 Å². The molecule has 0 aliphatic rings. The number of nitrogens with zero attached hydrogens (tertiary/aromatic N) is 1. The van der Waals surface area contributed by atoms with Crippen LogP contribution in [-0.2, 0) is 6.54 Å². The summed E-state index contributed by atoms with van der Waals surface area (Å²) in [5.41, 5.74) is 11.1. The maximum Gasteiger partial charge on any atom is 0.422 e. The largest absolute Gasteiger partial charge is 0.493 e. The second-order valence-corrected chi connectivity index (χ2v) is 3.63. The molecule has 1 rings (SSSR count). The lowest BCUT2D eigenvalue weighted by atomic mass is 10.2. The minimum absolute atomic E-state index is 0.00766. The molecule has 8 heteroatoms. The van der Waals surface area contributed by atoms with E-state index in [-0.39, 0.29) is 24.0 Å². The van der Waals surface area contributed by atoms with Gasteiger partial charge in [0.2, 0.25) is 0 Å². The van der Waals surface area contributed by atoms with Crippen LogP contribution in [-0.4, -0.2) is 25.9 Å². The van der Waals surface area contributed by atoms with Gasteiger partial charge in [-0.25, -0.2) is 4.99 Å². The number of alkyl halides is 3. The fraction of sp³-hybridized carbons (Fsp3) is 0.364. The summed E-state index contributed by atoms with van der Waals surface area (Å²) in [5.74, 6) is 0.122. The van der Waals surface area contributed by atoms with E-state index in [9.17, 15) is 13.2 Å². The lowest BCUT2D eigenvalue weighted by Crippen LogP contribution is -2.22. The Morgan fingerprint density at radius 2 is 1.95 bits per heavy atom. The first kappa shape index (κ1) is 14.9. The maximum atomic E-state index is 12.1. The summed E-state index contributed by atoms with van der Waals surface area (Å²) in [6, 6.07) is 4.45. The van der Waals surface area contributed by atoms with Crippen LogP contribution < -0.4 is 20.9 Å². The van der Waals surface area contributed by atoms with E-state index in [0.29, 0.717) is 5.56 Å². The number of hydrogen-bond acceptors (Lipinski definition) is 3. The number of halogens is 3. The third-order valence-corrected chi connectivity index (χ3v) is 2.06. The van der Waals surface area contributed by atoms with Crippen LogP contribution in [0.5, 0.6) is 11.5 Å². The fourth-order valence-corrected chi connectivity index (χ4v) is 1.27. The van der Waals surface area contributed by atoms with Gasteiger partial charge >= 0.3 is 6.18 Å². The van der Waals surface area contributed by atoms with Crippen LogP contribution in [0.3, 0.4) is 0 Å². The van der Waals surface area contributed by atoms with E-state index >= 15 is 0 Å². The molecule has 0 atom stereocenters. The van der Waals surface area contributed by atoms with E-state index in [1.165, 1.54) is 19.2 Å². The van der Waals surface area contributed by atoms with Crippen LogP contribution >= 0.6 is 0 Å². The number of nitrogens with two attached hydrogens (primary N) is 2. The van der Waals surface area contributed by atoms with E-state index in [1.54, 1.807) is 6.07 Å². The summed E-state index contributed by atoms with van der Waals surface area (Å²) in [6.07, 6.45) is -4.40. The zero-order valence-electron chi connectivity index (χ0n) is 10.2. The third kappa shape index (κ3) is 5.36. The van der Waals surface area contributed by atoms with E-state index in [0.717, 1.165) is 0 Å². The number of guanidine groups is 1. The molecule has 106 valence electrons. The second-order valence-electron chi connectivity index (χ2n) is 3.63.